The van der Waals surface area contributed by atoms with Crippen molar-refractivity contribution < 1.29 is 24.0 Å². The second-order valence-corrected chi connectivity index (χ2v) is 5.47. The van der Waals surface area contributed by atoms with Crippen molar-refractivity contribution in [3.05, 3.63) is 52.1 Å². The largest absolute Gasteiger partial charge is 0.477 e. The van der Waals surface area contributed by atoms with Crippen molar-refractivity contribution in [2.75, 3.05) is 23.4 Å². The summed E-state index contributed by atoms with van der Waals surface area (Å²) in [5.74, 6) is -2.43. The fourth-order valence-electron chi connectivity index (χ4n) is 2.47. The normalized spacial score (nSPS) is 12.7. The molecule has 0 spiro atoms. The molecule has 11 heteroatoms. The maximum absolute atomic E-state index is 12.4. The lowest BCUT2D eigenvalue weighted by Crippen LogP contribution is -2.44. The van der Waals surface area contributed by atoms with Crippen molar-refractivity contribution in [3.63, 3.8) is 0 Å². The van der Waals surface area contributed by atoms with Gasteiger partial charge in [0, 0.05) is 6.07 Å². The van der Waals surface area contributed by atoms with Crippen LogP contribution in [-0.2, 0) is 9.59 Å². The second kappa shape index (κ2) is 7.07. The Morgan fingerprint density at radius 1 is 1.30 bits per heavy atom. The molecule has 0 saturated heterocycles. The number of hydrogen-bond acceptors (Lipinski definition) is 7. The molecule has 3 amide bonds. The van der Waals surface area contributed by atoms with Gasteiger partial charge >= 0.3 is 5.82 Å². The molecular formula is C16H13N5O6. The lowest BCUT2D eigenvalue weighted by molar-refractivity contribution is -0.389. The van der Waals surface area contributed by atoms with E-state index in [-0.39, 0.29) is 29.4 Å². The van der Waals surface area contributed by atoms with E-state index >= 15 is 0 Å². The summed E-state index contributed by atoms with van der Waals surface area (Å²) in [6.07, 6.45) is 0. The molecule has 2 aromatic rings. The Labute approximate surface area is 151 Å². The van der Waals surface area contributed by atoms with Crippen LogP contribution in [0.4, 0.5) is 17.3 Å². The Morgan fingerprint density at radius 3 is 2.74 bits per heavy atom. The van der Waals surface area contributed by atoms with Crippen LogP contribution < -0.4 is 20.7 Å². The number of anilines is 2. The number of ether oxygens (including phenoxy) is 1. The van der Waals surface area contributed by atoms with Crippen molar-refractivity contribution in [1.29, 1.82) is 0 Å². The van der Waals surface area contributed by atoms with Crippen LogP contribution in [0.5, 0.6) is 5.75 Å². The third kappa shape index (κ3) is 3.66. The Balaban J connectivity index is 1.85. The standard InChI is InChI=1S/C16H13N5O6/c17-15(24)9-3-1-2-4-10(9)18-13(22)7-20-14(23)8-27-11-5-6-12(21(25)26)19-16(11)20/h1-6H,7-8H2,(H2,17,24)(H,18,22). The quantitative estimate of drug-likeness (QED) is 0.570. The molecule has 0 unspecified atom stereocenters. The Kier molecular flexibility index (Phi) is 4.66. The highest BCUT2D eigenvalue weighted by Gasteiger charge is 2.33. The highest BCUT2D eigenvalue weighted by Crippen LogP contribution is 2.31. The molecule has 0 fully saturated rings. The van der Waals surface area contributed by atoms with E-state index in [1.807, 2.05) is 0 Å². The average Bonchev–Trinajstić information content (AvgIpc) is 2.64. The number of rotatable bonds is 5. The monoisotopic (exact) mass is 371 g/mol. The number of primary amides is 1. The van der Waals surface area contributed by atoms with Crippen molar-refractivity contribution in [3.8, 4) is 5.75 Å². The molecule has 1 aliphatic heterocycles. The predicted octanol–water partition coefficient (Wildman–Crippen LogP) is 0.453. The van der Waals surface area contributed by atoms with Crippen molar-refractivity contribution in [1.82, 2.24) is 4.98 Å². The Bertz CT molecular complexity index is 960. The predicted molar refractivity (Wildman–Crippen MR) is 92.3 cm³/mol. The number of benzene rings is 1. The maximum Gasteiger partial charge on any atom is 0.366 e. The maximum atomic E-state index is 12.4. The van der Waals surface area contributed by atoms with Gasteiger partial charge in [0.15, 0.2) is 12.4 Å². The van der Waals surface area contributed by atoms with Gasteiger partial charge in [0.25, 0.3) is 17.6 Å². The minimum Gasteiger partial charge on any atom is -0.477 e. The van der Waals surface area contributed by atoms with E-state index in [0.717, 1.165) is 11.0 Å². The minimum absolute atomic E-state index is 0.105. The lowest BCUT2D eigenvalue weighted by atomic mass is 10.1. The van der Waals surface area contributed by atoms with Crippen molar-refractivity contribution in [2.45, 2.75) is 0 Å². The number of pyridine rings is 1. The molecule has 1 aromatic carbocycles. The SMILES string of the molecule is NC(=O)c1ccccc1NC(=O)CN1C(=O)COc2ccc([N+](=O)[O-])nc21. The number of amides is 3. The zero-order valence-electron chi connectivity index (χ0n) is 13.7. The number of nitrogens with zero attached hydrogens (tertiary/aromatic N) is 3. The number of carbonyl (C=O) groups is 3. The third-order valence-corrected chi connectivity index (χ3v) is 3.69. The molecule has 3 rings (SSSR count). The molecule has 1 aromatic heterocycles. The van der Waals surface area contributed by atoms with Gasteiger partial charge in [-0.15, -0.1) is 0 Å². The molecule has 0 aliphatic carbocycles. The fraction of sp³-hybridized carbons (Fsp3) is 0.125. The summed E-state index contributed by atoms with van der Waals surface area (Å²) in [6.45, 7) is -0.811. The van der Waals surface area contributed by atoms with Crippen LogP contribution in [0, 0.1) is 10.1 Å². The molecule has 2 heterocycles. The van der Waals surface area contributed by atoms with E-state index in [1.54, 1.807) is 12.1 Å². The van der Waals surface area contributed by atoms with Crippen LogP contribution in [0.1, 0.15) is 10.4 Å². The minimum atomic E-state index is -0.726. The fourth-order valence-corrected chi connectivity index (χ4v) is 2.47. The highest BCUT2D eigenvalue weighted by atomic mass is 16.6. The van der Waals surface area contributed by atoms with Gasteiger partial charge < -0.3 is 25.9 Å². The van der Waals surface area contributed by atoms with E-state index in [9.17, 15) is 24.5 Å². The third-order valence-electron chi connectivity index (χ3n) is 3.69. The van der Waals surface area contributed by atoms with Gasteiger partial charge in [-0.3, -0.25) is 19.3 Å². The summed E-state index contributed by atoms with van der Waals surface area (Å²) < 4.78 is 5.18. The van der Waals surface area contributed by atoms with Crippen molar-refractivity contribution >= 4 is 35.0 Å². The molecule has 27 heavy (non-hydrogen) atoms. The lowest BCUT2D eigenvalue weighted by Gasteiger charge is -2.24. The molecule has 1 aliphatic rings. The first kappa shape index (κ1) is 17.8. The second-order valence-electron chi connectivity index (χ2n) is 5.47. The van der Waals surface area contributed by atoms with Crippen LogP contribution in [0.2, 0.25) is 0 Å². The number of nitro groups is 1. The Hall–Kier alpha value is -4.02. The molecule has 0 bridgehead atoms. The van der Waals surface area contributed by atoms with Gasteiger partial charge in [-0.1, -0.05) is 12.1 Å². The van der Waals surface area contributed by atoms with Gasteiger partial charge in [-0.25, -0.2) is 0 Å². The van der Waals surface area contributed by atoms with Crippen LogP contribution in [0.25, 0.3) is 0 Å². The van der Waals surface area contributed by atoms with E-state index in [2.05, 4.69) is 10.3 Å². The van der Waals surface area contributed by atoms with Crippen LogP contribution in [-0.4, -0.2) is 40.8 Å². The van der Waals surface area contributed by atoms with Crippen LogP contribution >= 0.6 is 0 Å². The highest BCUT2D eigenvalue weighted by molar-refractivity contribution is 6.07. The van der Waals surface area contributed by atoms with Gasteiger partial charge in [0.2, 0.25) is 5.91 Å². The topological polar surface area (TPSA) is 158 Å². The summed E-state index contributed by atoms with van der Waals surface area (Å²) >= 11 is 0. The van der Waals surface area contributed by atoms with Gasteiger partial charge in [-0.05, 0) is 28.1 Å². The first-order valence-corrected chi connectivity index (χ1v) is 7.64. The summed E-state index contributed by atoms with van der Waals surface area (Å²) in [4.78, 5) is 50.9. The molecular weight excluding hydrogens is 358 g/mol. The summed E-state index contributed by atoms with van der Waals surface area (Å²) in [5.41, 5.74) is 5.55. The average molecular weight is 371 g/mol. The first-order valence-electron chi connectivity index (χ1n) is 7.64. The smallest absolute Gasteiger partial charge is 0.366 e. The zero-order valence-corrected chi connectivity index (χ0v) is 13.7. The van der Waals surface area contributed by atoms with Crippen LogP contribution in [0.3, 0.4) is 0 Å². The zero-order chi connectivity index (χ0) is 19.6. The number of nitrogens with one attached hydrogen (secondary N) is 1. The van der Waals surface area contributed by atoms with Gasteiger partial charge in [0.1, 0.15) is 6.54 Å². The number of nitrogens with two attached hydrogens (primary N) is 1. The number of para-hydroxylation sites is 1. The summed E-state index contributed by atoms with van der Waals surface area (Å²) in [6, 6.07) is 8.55. The molecule has 11 nitrogen and oxygen atoms in total. The summed E-state index contributed by atoms with van der Waals surface area (Å²) in [5, 5.41) is 13.4. The number of carbonyl (C=O) groups excluding carboxylic acids is 3. The number of hydrogen-bond donors (Lipinski definition) is 2. The van der Waals surface area contributed by atoms with Gasteiger partial charge in [-0.2, -0.15) is 0 Å². The van der Waals surface area contributed by atoms with E-state index in [4.69, 9.17) is 10.5 Å². The molecule has 3 N–H and O–H groups in total. The molecule has 0 atom stereocenters. The van der Waals surface area contributed by atoms with Gasteiger partial charge in [0.05, 0.1) is 11.3 Å². The van der Waals surface area contributed by atoms with E-state index in [0.29, 0.717) is 0 Å². The van der Waals surface area contributed by atoms with E-state index in [1.165, 1.54) is 18.2 Å². The Morgan fingerprint density at radius 2 is 2.04 bits per heavy atom. The molecule has 0 radical (unpaired) electrons. The summed E-state index contributed by atoms with van der Waals surface area (Å²) in [7, 11) is 0. The molecule has 0 saturated carbocycles. The first-order chi connectivity index (χ1) is 12.9. The molecule has 138 valence electrons. The van der Waals surface area contributed by atoms with Crippen molar-refractivity contribution in [2.24, 2.45) is 5.73 Å². The number of fused-ring (bicyclic) bond motifs is 1. The van der Waals surface area contributed by atoms with Crippen LogP contribution in [0.15, 0.2) is 36.4 Å². The van der Waals surface area contributed by atoms with E-state index < -0.39 is 35.0 Å². The number of aromatic nitrogens is 1.